The van der Waals surface area contributed by atoms with E-state index in [1.54, 1.807) is 0 Å². The second kappa shape index (κ2) is 10.7. The molecule has 0 amide bonds. The minimum Gasteiger partial charge on any atom is -0.456 e. The van der Waals surface area contributed by atoms with Crippen LogP contribution in [0.4, 0.5) is 0 Å². The largest absolute Gasteiger partial charge is 0.456 e. The van der Waals surface area contributed by atoms with Crippen molar-refractivity contribution in [3.05, 3.63) is 192 Å². The molecule has 240 valence electrons. The first kappa shape index (κ1) is 28.7. The van der Waals surface area contributed by atoms with Crippen molar-refractivity contribution in [2.75, 3.05) is 0 Å². The van der Waals surface area contributed by atoms with Gasteiger partial charge in [-0.15, -0.1) is 11.3 Å². The summed E-state index contributed by atoms with van der Waals surface area (Å²) in [5.74, 6) is 1.83. The molecular formula is C48H31NOS. The maximum atomic E-state index is 7.17. The first-order valence-electron chi connectivity index (χ1n) is 17.5. The maximum absolute atomic E-state index is 7.17. The van der Waals surface area contributed by atoms with E-state index in [9.17, 15) is 0 Å². The van der Waals surface area contributed by atoms with Crippen molar-refractivity contribution in [2.24, 2.45) is 0 Å². The van der Waals surface area contributed by atoms with Crippen LogP contribution >= 0.6 is 11.3 Å². The van der Waals surface area contributed by atoms with Gasteiger partial charge in [-0.3, -0.25) is 0 Å². The van der Waals surface area contributed by atoms with Crippen molar-refractivity contribution in [1.29, 1.82) is 0 Å². The Morgan fingerprint density at radius 2 is 1.27 bits per heavy atom. The van der Waals surface area contributed by atoms with Crippen LogP contribution in [-0.2, 0) is 5.41 Å². The van der Waals surface area contributed by atoms with Crippen LogP contribution in [0.25, 0.3) is 64.9 Å². The smallest absolute Gasteiger partial charge is 0.142 e. The van der Waals surface area contributed by atoms with Crippen molar-refractivity contribution >= 4 is 59.4 Å². The minimum absolute atomic E-state index is 0.514. The molecular weight excluding hydrogens is 639 g/mol. The third-order valence-corrected chi connectivity index (χ3v) is 12.1. The van der Waals surface area contributed by atoms with Gasteiger partial charge in [0, 0.05) is 42.4 Å². The fourth-order valence-corrected chi connectivity index (χ4v) is 10.1. The van der Waals surface area contributed by atoms with Crippen LogP contribution in [0, 0.1) is 0 Å². The fourth-order valence-electron chi connectivity index (χ4n) is 8.95. The number of nitrogens with zero attached hydrogens (tertiary/aromatic N) is 1. The van der Waals surface area contributed by atoms with Crippen molar-refractivity contribution in [3.8, 4) is 28.3 Å². The van der Waals surface area contributed by atoms with E-state index in [1.807, 2.05) is 18.3 Å². The van der Waals surface area contributed by atoms with E-state index in [2.05, 4.69) is 174 Å². The molecule has 9 aromatic rings. The molecule has 1 spiro atoms. The van der Waals surface area contributed by atoms with Crippen molar-refractivity contribution in [2.45, 2.75) is 12.3 Å². The molecule has 0 N–H and O–H groups in total. The van der Waals surface area contributed by atoms with Gasteiger partial charge < -0.3 is 9.30 Å². The van der Waals surface area contributed by atoms with Gasteiger partial charge in [-0.25, -0.2) is 0 Å². The van der Waals surface area contributed by atoms with Crippen LogP contribution in [0.1, 0.15) is 34.7 Å². The highest BCUT2D eigenvalue weighted by molar-refractivity contribution is 7.25. The molecule has 0 atom stereocenters. The Labute approximate surface area is 299 Å². The Balaban J connectivity index is 1.27. The summed E-state index contributed by atoms with van der Waals surface area (Å²) in [5, 5.41) is 4.92. The Hall–Kier alpha value is -6.16. The van der Waals surface area contributed by atoms with Gasteiger partial charge in [0.05, 0.1) is 21.8 Å². The van der Waals surface area contributed by atoms with Gasteiger partial charge in [-0.05, 0) is 77.2 Å². The molecule has 0 saturated heterocycles. The molecule has 51 heavy (non-hydrogen) atoms. The summed E-state index contributed by atoms with van der Waals surface area (Å²) in [6, 6.07) is 53.7. The van der Waals surface area contributed by atoms with Crippen LogP contribution in [0.3, 0.4) is 0 Å². The van der Waals surface area contributed by atoms with Gasteiger partial charge in [0.25, 0.3) is 0 Å². The summed E-state index contributed by atoms with van der Waals surface area (Å²) in [6.07, 6.45) is 8.43. The lowest BCUT2D eigenvalue weighted by molar-refractivity contribution is 0.442. The van der Waals surface area contributed by atoms with Crippen molar-refractivity contribution < 1.29 is 4.74 Å². The molecule has 2 nitrogen and oxygen atoms in total. The summed E-state index contributed by atoms with van der Waals surface area (Å²) in [7, 11) is 0. The second-order valence-electron chi connectivity index (χ2n) is 13.6. The van der Waals surface area contributed by atoms with Gasteiger partial charge in [0.15, 0.2) is 0 Å². The summed E-state index contributed by atoms with van der Waals surface area (Å²) in [6.45, 7) is 2.05. The number of fused-ring (bicyclic) bond motifs is 16. The third kappa shape index (κ3) is 3.81. The Morgan fingerprint density at radius 3 is 2.10 bits per heavy atom. The molecule has 0 unspecified atom stereocenters. The highest BCUT2D eigenvalue weighted by Gasteiger charge is 2.51. The Morgan fingerprint density at radius 1 is 0.569 bits per heavy atom. The molecule has 3 heteroatoms. The van der Waals surface area contributed by atoms with Crippen molar-refractivity contribution in [1.82, 2.24) is 4.57 Å². The van der Waals surface area contributed by atoms with Gasteiger partial charge in [0.1, 0.15) is 11.5 Å². The van der Waals surface area contributed by atoms with Crippen LogP contribution in [-0.4, -0.2) is 4.57 Å². The number of hydrogen-bond donors (Lipinski definition) is 0. The molecule has 2 aromatic heterocycles. The first-order valence-corrected chi connectivity index (χ1v) is 18.4. The van der Waals surface area contributed by atoms with Crippen molar-refractivity contribution in [3.63, 3.8) is 0 Å². The standard InChI is InChI=1S/C48H31NOS/c1-2-3-4-13-30-22-26-41-36(28-30)46-42(49(41)31-23-24-35-34-16-7-12-21-44(34)51-45(35)29-31)27-25-40-47(46)50-43-20-11-10-19-39(43)48(40)37-17-8-5-14-32(37)33-15-6-9-18-38(33)48/h2-29H,1H3/b3-2-,13-4-. The molecule has 2 aliphatic rings. The molecule has 0 saturated carbocycles. The number of para-hydroxylation sites is 1. The van der Waals surface area contributed by atoms with Crippen LogP contribution in [0.15, 0.2) is 164 Å². The molecule has 3 heterocycles. The molecule has 11 rings (SSSR count). The Kier molecular flexibility index (Phi) is 5.99. The number of hydrogen-bond acceptors (Lipinski definition) is 2. The zero-order chi connectivity index (χ0) is 33.7. The summed E-state index contributed by atoms with van der Waals surface area (Å²) in [4.78, 5) is 0. The van der Waals surface area contributed by atoms with Gasteiger partial charge in [-0.2, -0.15) is 0 Å². The SMILES string of the molecule is C/C=C\C=C/c1ccc2c(c1)c1c3c(ccc1n2-c1ccc2c(c1)sc1ccccc12)C1(c2ccccc2O3)c2ccccc2-c2ccccc21. The van der Waals surface area contributed by atoms with E-state index in [1.165, 1.54) is 58.9 Å². The lowest BCUT2D eigenvalue weighted by Gasteiger charge is -2.39. The number of benzene rings is 7. The van der Waals surface area contributed by atoms with Gasteiger partial charge in [-0.1, -0.05) is 127 Å². The number of allylic oxidation sites excluding steroid dienone is 3. The number of aromatic nitrogens is 1. The molecule has 7 aromatic carbocycles. The zero-order valence-electron chi connectivity index (χ0n) is 27.9. The first-order chi connectivity index (χ1) is 25.3. The number of ether oxygens (including phenoxy) is 1. The topological polar surface area (TPSA) is 14.2 Å². The molecule has 0 fully saturated rings. The number of thiophene rings is 1. The highest BCUT2D eigenvalue weighted by atomic mass is 32.1. The minimum atomic E-state index is -0.514. The van der Waals surface area contributed by atoms with Crippen LogP contribution in [0.5, 0.6) is 11.5 Å². The summed E-state index contributed by atoms with van der Waals surface area (Å²) < 4.78 is 12.2. The predicted molar refractivity (Wildman–Crippen MR) is 215 cm³/mol. The van der Waals surface area contributed by atoms with E-state index in [0.29, 0.717) is 0 Å². The lowest BCUT2D eigenvalue weighted by Crippen LogP contribution is -2.32. The fraction of sp³-hybridized carbons (Fsp3) is 0.0417. The van der Waals surface area contributed by atoms with E-state index >= 15 is 0 Å². The Bertz CT molecular complexity index is 2930. The third-order valence-electron chi connectivity index (χ3n) is 11.0. The van der Waals surface area contributed by atoms with E-state index in [4.69, 9.17) is 4.74 Å². The lowest BCUT2D eigenvalue weighted by atomic mass is 9.66. The van der Waals surface area contributed by atoms with Crippen LogP contribution in [0.2, 0.25) is 0 Å². The molecule has 1 aliphatic heterocycles. The van der Waals surface area contributed by atoms with E-state index < -0.39 is 5.41 Å². The maximum Gasteiger partial charge on any atom is 0.142 e. The van der Waals surface area contributed by atoms with Gasteiger partial charge in [0.2, 0.25) is 0 Å². The number of rotatable bonds is 3. The normalized spacial score (nSPS) is 14.1. The van der Waals surface area contributed by atoms with Crippen LogP contribution < -0.4 is 4.74 Å². The molecule has 0 bridgehead atoms. The quantitative estimate of drug-likeness (QED) is 0.171. The highest BCUT2D eigenvalue weighted by Crippen LogP contribution is 2.63. The summed E-state index contributed by atoms with van der Waals surface area (Å²) >= 11 is 1.86. The average molecular weight is 670 g/mol. The summed E-state index contributed by atoms with van der Waals surface area (Å²) in [5.41, 5.74) is 11.6. The van der Waals surface area contributed by atoms with Gasteiger partial charge >= 0.3 is 0 Å². The predicted octanol–water partition coefficient (Wildman–Crippen LogP) is 13.2. The monoisotopic (exact) mass is 669 g/mol. The van der Waals surface area contributed by atoms with E-state index in [0.717, 1.165) is 39.2 Å². The molecule has 1 aliphatic carbocycles. The molecule has 0 radical (unpaired) electrons. The average Bonchev–Trinajstić information content (AvgIpc) is 3.81. The zero-order valence-corrected chi connectivity index (χ0v) is 28.7. The second-order valence-corrected chi connectivity index (χ2v) is 14.6. The van der Waals surface area contributed by atoms with E-state index in [-0.39, 0.29) is 0 Å².